The number of carbonyl (C=O) groups excluding carboxylic acids is 1. The van der Waals surface area contributed by atoms with E-state index in [2.05, 4.69) is 17.4 Å². The second kappa shape index (κ2) is 4.78. The van der Waals surface area contributed by atoms with Crippen LogP contribution in [0.2, 0.25) is 0 Å². The Morgan fingerprint density at radius 3 is 2.83 bits per heavy atom. The summed E-state index contributed by atoms with van der Waals surface area (Å²) in [6, 6.07) is 11.8. The number of hydrogen-bond acceptors (Lipinski definition) is 3. The van der Waals surface area contributed by atoms with Crippen LogP contribution in [0.5, 0.6) is 0 Å². The second-order valence-electron chi connectivity index (χ2n) is 4.63. The maximum atomic E-state index is 12.2. The lowest BCUT2D eigenvalue weighted by atomic mass is 9.92. The van der Waals surface area contributed by atoms with Crippen molar-refractivity contribution in [1.82, 2.24) is 5.32 Å². The van der Waals surface area contributed by atoms with Gasteiger partial charge in [0.2, 0.25) is 0 Å². The Morgan fingerprint density at radius 1 is 1.22 bits per heavy atom. The third kappa shape index (κ3) is 2.22. The fourth-order valence-electron chi connectivity index (χ4n) is 2.39. The van der Waals surface area contributed by atoms with Crippen molar-refractivity contribution in [2.75, 3.05) is 0 Å². The van der Waals surface area contributed by atoms with Gasteiger partial charge in [-0.1, -0.05) is 24.3 Å². The van der Waals surface area contributed by atoms with Crippen LogP contribution < -0.4 is 5.32 Å². The van der Waals surface area contributed by atoms with Gasteiger partial charge in [-0.15, -0.1) is 0 Å². The molecule has 1 aromatic heterocycles. The van der Waals surface area contributed by atoms with Crippen LogP contribution in [-0.4, -0.2) is 11.8 Å². The van der Waals surface area contributed by atoms with Gasteiger partial charge in [-0.25, -0.2) is 0 Å². The normalized spacial score (nSPS) is 18.3. The molecule has 2 aromatic rings. The molecular weight excluding hydrogens is 226 g/mol. The largest absolute Gasteiger partial charge is 0.469 e. The lowest BCUT2D eigenvalue weighted by molar-refractivity contribution is -0.120. The van der Waals surface area contributed by atoms with Crippen LogP contribution in [-0.2, 0) is 24.2 Å². The fraction of sp³-hybridized carbons (Fsp3) is 0.267. The van der Waals surface area contributed by atoms with Crippen molar-refractivity contribution in [3.8, 4) is 0 Å². The minimum Gasteiger partial charge on any atom is -0.469 e. The fourth-order valence-corrected chi connectivity index (χ4v) is 2.39. The molecule has 3 rings (SSSR count). The molecule has 1 unspecified atom stereocenters. The Labute approximate surface area is 106 Å². The number of benzene rings is 1. The highest BCUT2D eigenvalue weighted by molar-refractivity contribution is 5.86. The standard InChI is InChI=1S/C15H15NO2/c17-15(9-13-6-3-7-18-13)14-8-11-4-1-2-5-12(11)10-16-14/h1-7,14,16H,8-10H2. The zero-order chi connectivity index (χ0) is 12.4. The number of fused-ring (bicyclic) bond motifs is 1. The summed E-state index contributed by atoms with van der Waals surface area (Å²) in [5.74, 6) is 0.931. The highest BCUT2D eigenvalue weighted by Crippen LogP contribution is 2.17. The first-order chi connectivity index (χ1) is 8.83. The average molecular weight is 241 g/mol. The van der Waals surface area contributed by atoms with E-state index in [1.807, 2.05) is 24.3 Å². The number of rotatable bonds is 3. The zero-order valence-electron chi connectivity index (χ0n) is 10.1. The van der Waals surface area contributed by atoms with Crippen molar-refractivity contribution in [3.05, 3.63) is 59.5 Å². The molecule has 3 nitrogen and oxygen atoms in total. The highest BCUT2D eigenvalue weighted by atomic mass is 16.3. The van der Waals surface area contributed by atoms with Crippen LogP contribution >= 0.6 is 0 Å². The minimum atomic E-state index is -0.0926. The van der Waals surface area contributed by atoms with E-state index in [1.54, 1.807) is 6.26 Å². The quantitative estimate of drug-likeness (QED) is 0.894. The molecule has 1 N–H and O–H groups in total. The maximum absolute atomic E-state index is 12.2. The minimum absolute atomic E-state index is 0.0926. The Balaban J connectivity index is 1.70. The van der Waals surface area contributed by atoms with Gasteiger partial charge in [-0.3, -0.25) is 4.79 Å². The molecule has 0 radical (unpaired) electrons. The third-order valence-electron chi connectivity index (χ3n) is 3.40. The summed E-state index contributed by atoms with van der Waals surface area (Å²) in [6.45, 7) is 0.769. The van der Waals surface area contributed by atoms with Crippen LogP contribution in [0.4, 0.5) is 0 Å². The van der Waals surface area contributed by atoms with Gasteiger partial charge in [0.15, 0.2) is 5.78 Å². The summed E-state index contributed by atoms with van der Waals surface area (Å²) in [7, 11) is 0. The molecule has 0 bridgehead atoms. The summed E-state index contributed by atoms with van der Waals surface area (Å²) in [4.78, 5) is 12.2. The number of Topliss-reactive ketones (excluding diaryl/α,β-unsaturated/α-hetero) is 1. The number of nitrogens with one attached hydrogen (secondary N) is 1. The van der Waals surface area contributed by atoms with Crippen molar-refractivity contribution < 1.29 is 9.21 Å². The maximum Gasteiger partial charge on any atom is 0.157 e. The molecule has 1 atom stereocenters. The van der Waals surface area contributed by atoms with Gasteiger partial charge in [-0.2, -0.15) is 0 Å². The van der Waals surface area contributed by atoms with E-state index in [0.29, 0.717) is 6.42 Å². The van der Waals surface area contributed by atoms with E-state index in [0.717, 1.165) is 18.7 Å². The van der Waals surface area contributed by atoms with Gasteiger partial charge < -0.3 is 9.73 Å². The monoisotopic (exact) mass is 241 g/mol. The first-order valence-corrected chi connectivity index (χ1v) is 6.18. The molecule has 1 aliphatic heterocycles. The zero-order valence-corrected chi connectivity index (χ0v) is 10.1. The summed E-state index contributed by atoms with van der Waals surface area (Å²) in [6.07, 6.45) is 2.74. The summed E-state index contributed by atoms with van der Waals surface area (Å²) in [5, 5.41) is 3.30. The summed E-state index contributed by atoms with van der Waals surface area (Å²) in [5.41, 5.74) is 2.56. The van der Waals surface area contributed by atoms with Gasteiger partial charge >= 0.3 is 0 Å². The lowest BCUT2D eigenvalue weighted by Crippen LogP contribution is -2.42. The van der Waals surface area contributed by atoms with Gasteiger partial charge in [0.05, 0.1) is 18.7 Å². The van der Waals surface area contributed by atoms with E-state index in [4.69, 9.17) is 4.42 Å². The van der Waals surface area contributed by atoms with Crippen molar-refractivity contribution >= 4 is 5.78 Å². The predicted octanol–water partition coefficient (Wildman–Crippen LogP) is 2.11. The molecule has 0 aliphatic carbocycles. The molecule has 92 valence electrons. The number of ketones is 1. The first kappa shape index (κ1) is 11.2. The van der Waals surface area contributed by atoms with Crippen LogP contribution in [0.25, 0.3) is 0 Å². The smallest absolute Gasteiger partial charge is 0.157 e. The van der Waals surface area contributed by atoms with Crippen LogP contribution in [0.15, 0.2) is 47.1 Å². The second-order valence-corrected chi connectivity index (χ2v) is 4.63. The molecule has 1 aromatic carbocycles. The molecule has 0 spiro atoms. The molecule has 3 heteroatoms. The van der Waals surface area contributed by atoms with Crippen molar-refractivity contribution in [2.24, 2.45) is 0 Å². The van der Waals surface area contributed by atoms with Crippen LogP contribution in [0.3, 0.4) is 0 Å². The van der Waals surface area contributed by atoms with Crippen molar-refractivity contribution in [1.29, 1.82) is 0 Å². The van der Waals surface area contributed by atoms with E-state index in [-0.39, 0.29) is 11.8 Å². The van der Waals surface area contributed by atoms with Crippen molar-refractivity contribution in [2.45, 2.75) is 25.4 Å². The van der Waals surface area contributed by atoms with Gasteiger partial charge in [0, 0.05) is 6.54 Å². The van der Waals surface area contributed by atoms with Gasteiger partial charge in [-0.05, 0) is 29.7 Å². The summed E-state index contributed by atoms with van der Waals surface area (Å²) < 4.78 is 5.22. The topological polar surface area (TPSA) is 42.2 Å². The molecule has 0 amide bonds. The molecule has 2 heterocycles. The molecule has 1 aliphatic rings. The van der Waals surface area contributed by atoms with E-state index in [1.165, 1.54) is 11.1 Å². The Hall–Kier alpha value is -1.87. The Bertz CT molecular complexity index is 545. The van der Waals surface area contributed by atoms with E-state index in [9.17, 15) is 4.79 Å². The van der Waals surface area contributed by atoms with E-state index < -0.39 is 0 Å². The van der Waals surface area contributed by atoms with Crippen LogP contribution in [0.1, 0.15) is 16.9 Å². The number of hydrogen-bond donors (Lipinski definition) is 1. The highest BCUT2D eigenvalue weighted by Gasteiger charge is 2.24. The number of furan rings is 1. The third-order valence-corrected chi connectivity index (χ3v) is 3.40. The summed E-state index contributed by atoms with van der Waals surface area (Å²) >= 11 is 0. The Morgan fingerprint density at radius 2 is 2.06 bits per heavy atom. The van der Waals surface area contributed by atoms with Crippen LogP contribution in [0, 0.1) is 0 Å². The lowest BCUT2D eigenvalue weighted by Gasteiger charge is -2.24. The van der Waals surface area contributed by atoms with Crippen molar-refractivity contribution in [3.63, 3.8) is 0 Å². The van der Waals surface area contributed by atoms with E-state index >= 15 is 0 Å². The van der Waals surface area contributed by atoms with Gasteiger partial charge in [0.1, 0.15) is 5.76 Å². The Kier molecular flexibility index (Phi) is 2.99. The molecule has 18 heavy (non-hydrogen) atoms. The molecule has 0 saturated carbocycles. The average Bonchev–Trinajstić information content (AvgIpc) is 2.91. The predicted molar refractivity (Wildman–Crippen MR) is 68.2 cm³/mol. The SMILES string of the molecule is O=C(Cc1ccco1)C1Cc2ccccc2CN1. The molecule has 0 fully saturated rings. The molecular formula is C15H15NO2. The first-order valence-electron chi connectivity index (χ1n) is 6.18. The number of carbonyl (C=O) groups is 1. The molecule has 0 saturated heterocycles. The van der Waals surface area contributed by atoms with Gasteiger partial charge in [0.25, 0.3) is 0 Å².